The molecule has 0 spiro atoms. The van der Waals surface area contributed by atoms with E-state index in [-0.39, 0.29) is 12.6 Å². The van der Waals surface area contributed by atoms with Crippen LogP contribution >= 0.6 is 0 Å². The Morgan fingerprint density at radius 2 is 1.93 bits per heavy atom. The molecule has 0 heterocycles. The second-order valence-corrected chi connectivity index (χ2v) is 3.38. The van der Waals surface area contributed by atoms with E-state index in [2.05, 4.69) is 5.32 Å². The van der Waals surface area contributed by atoms with Gasteiger partial charge in [0.15, 0.2) is 0 Å². The van der Waals surface area contributed by atoms with Crippen molar-refractivity contribution in [2.24, 2.45) is 0 Å². The molecule has 0 radical (unpaired) electrons. The Kier molecular flexibility index (Phi) is 4.59. The highest BCUT2D eigenvalue weighted by Gasteiger charge is 2.06. The Morgan fingerprint density at radius 1 is 1.29 bits per heavy atom. The summed E-state index contributed by atoms with van der Waals surface area (Å²) in [6.07, 6.45) is -0.679. The van der Waals surface area contributed by atoms with E-state index >= 15 is 0 Å². The summed E-state index contributed by atoms with van der Waals surface area (Å²) in [5.41, 5.74) is 1.18. The summed E-state index contributed by atoms with van der Waals surface area (Å²) in [5, 5.41) is 20.9. The van der Waals surface area contributed by atoms with Gasteiger partial charge < -0.3 is 15.5 Å². The molecule has 1 aromatic rings. The van der Waals surface area contributed by atoms with E-state index in [0.717, 1.165) is 0 Å². The lowest BCUT2D eigenvalue weighted by Crippen LogP contribution is -2.31. The van der Waals surface area contributed by atoms with Crippen LogP contribution in [0.15, 0.2) is 30.3 Å². The molecule has 1 rings (SSSR count). The maximum absolute atomic E-state index is 9.14. The van der Waals surface area contributed by atoms with Crippen molar-refractivity contribution in [3.8, 4) is 0 Å². The van der Waals surface area contributed by atoms with E-state index in [1.54, 1.807) is 0 Å². The smallest absolute Gasteiger partial charge is 0.0895 e. The van der Waals surface area contributed by atoms with Crippen molar-refractivity contribution >= 4 is 0 Å². The van der Waals surface area contributed by atoms with E-state index in [0.29, 0.717) is 6.54 Å². The predicted molar refractivity (Wildman–Crippen MR) is 56.0 cm³/mol. The topological polar surface area (TPSA) is 52.5 Å². The van der Waals surface area contributed by atoms with Crippen molar-refractivity contribution < 1.29 is 10.2 Å². The third-order valence-corrected chi connectivity index (χ3v) is 2.17. The monoisotopic (exact) mass is 195 g/mol. The molecule has 14 heavy (non-hydrogen) atoms. The Labute approximate surface area is 84.4 Å². The maximum atomic E-state index is 9.14. The molecule has 0 aliphatic carbocycles. The minimum atomic E-state index is -0.679. The third kappa shape index (κ3) is 3.46. The van der Waals surface area contributed by atoms with E-state index < -0.39 is 6.10 Å². The van der Waals surface area contributed by atoms with E-state index in [9.17, 15) is 0 Å². The first-order chi connectivity index (χ1) is 6.74. The molecule has 1 unspecified atom stereocenters. The van der Waals surface area contributed by atoms with Crippen molar-refractivity contribution in [2.45, 2.75) is 19.1 Å². The second-order valence-electron chi connectivity index (χ2n) is 3.38. The van der Waals surface area contributed by atoms with Crippen LogP contribution in [0.25, 0.3) is 0 Å². The molecule has 3 nitrogen and oxygen atoms in total. The van der Waals surface area contributed by atoms with Gasteiger partial charge in [-0.05, 0) is 12.5 Å². The van der Waals surface area contributed by atoms with Crippen LogP contribution in [0, 0.1) is 0 Å². The zero-order valence-electron chi connectivity index (χ0n) is 8.35. The molecular weight excluding hydrogens is 178 g/mol. The molecule has 0 fully saturated rings. The molecule has 0 bridgehead atoms. The second kappa shape index (κ2) is 5.75. The Bertz CT molecular complexity index is 251. The summed E-state index contributed by atoms with van der Waals surface area (Å²) in [5.74, 6) is 0. The van der Waals surface area contributed by atoms with Gasteiger partial charge in [0.2, 0.25) is 0 Å². The fourth-order valence-electron chi connectivity index (χ4n) is 1.24. The lowest BCUT2D eigenvalue weighted by Gasteiger charge is -2.16. The number of rotatable bonds is 5. The Balaban J connectivity index is 2.39. The molecule has 3 heteroatoms. The zero-order chi connectivity index (χ0) is 10.4. The van der Waals surface area contributed by atoms with Crippen LogP contribution in [-0.4, -0.2) is 29.5 Å². The van der Waals surface area contributed by atoms with Gasteiger partial charge in [-0.25, -0.2) is 0 Å². The number of benzene rings is 1. The van der Waals surface area contributed by atoms with Gasteiger partial charge >= 0.3 is 0 Å². The van der Waals surface area contributed by atoms with Gasteiger partial charge in [0.1, 0.15) is 0 Å². The number of aliphatic hydroxyl groups is 2. The van der Waals surface area contributed by atoms with Crippen LogP contribution in [-0.2, 0) is 0 Å². The SMILES string of the molecule is CC(NC[C@H](O)CO)c1ccccc1. The molecule has 0 saturated heterocycles. The number of aliphatic hydroxyl groups excluding tert-OH is 2. The highest BCUT2D eigenvalue weighted by Crippen LogP contribution is 2.10. The summed E-state index contributed by atoms with van der Waals surface area (Å²) in [6.45, 7) is 2.24. The molecule has 78 valence electrons. The molecule has 2 atom stereocenters. The fourth-order valence-corrected chi connectivity index (χ4v) is 1.24. The van der Waals surface area contributed by atoms with Crippen molar-refractivity contribution in [2.75, 3.05) is 13.2 Å². The largest absolute Gasteiger partial charge is 0.394 e. The first-order valence-corrected chi connectivity index (χ1v) is 4.81. The van der Waals surface area contributed by atoms with E-state index in [4.69, 9.17) is 10.2 Å². The lowest BCUT2D eigenvalue weighted by molar-refractivity contribution is 0.0924. The average molecular weight is 195 g/mol. The van der Waals surface area contributed by atoms with Gasteiger partial charge in [-0.1, -0.05) is 30.3 Å². The zero-order valence-corrected chi connectivity index (χ0v) is 8.35. The van der Waals surface area contributed by atoms with Crippen LogP contribution in [0.2, 0.25) is 0 Å². The Hall–Kier alpha value is -0.900. The standard InChI is InChI=1S/C11H17NO2/c1-9(12-7-11(14)8-13)10-5-3-2-4-6-10/h2-6,9,11-14H,7-8H2,1H3/t9?,11-/m0/s1. The molecule has 0 aliphatic rings. The predicted octanol–water partition coefficient (Wildman–Crippen LogP) is 0.690. The third-order valence-electron chi connectivity index (χ3n) is 2.17. The van der Waals surface area contributed by atoms with Gasteiger partial charge in [0.05, 0.1) is 12.7 Å². The van der Waals surface area contributed by atoms with Crippen LogP contribution in [0.1, 0.15) is 18.5 Å². The van der Waals surface area contributed by atoms with Crippen molar-refractivity contribution in [3.05, 3.63) is 35.9 Å². The summed E-state index contributed by atoms with van der Waals surface area (Å²) >= 11 is 0. The first kappa shape index (κ1) is 11.2. The van der Waals surface area contributed by atoms with Crippen LogP contribution < -0.4 is 5.32 Å². The van der Waals surface area contributed by atoms with Gasteiger partial charge in [0, 0.05) is 12.6 Å². The summed E-state index contributed by atoms with van der Waals surface area (Å²) in [6, 6.07) is 10.2. The van der Waals surface area contributed by atoms with Crippen molar-refractivity contribution in [1.82, 2.24) is 5.32 Å². The molecule has 0 aromatic heterocycles. The number of nitrogens with one attached hydrogen (secondary N) is 1. The molecule has 0 saturated carbocycles. The molecule has 3 N–H and O–H groups in total. The van der Waals surface area contributed by atoms with E-state index in [1.165, 1.54) is 5.56 Å². The summed E-state index contributed by atoms with van der Waals surface area (Å²) in [7, 11) is 0. The van der Waals surface area contributed by atoms with Crippen molar-refractivity contribution in [1.29, 1.82) is 0 Å². The first-order valence-electron chi connectivity index (χ1n) is 4.81. The van der Waals surface area contributed by atoms with Gasteiger partial charge in [-0.3, -0.25) is 0 Å². The van der Waals surface area contributed by atoms with Crippen molar-refractivity contribution in [3.63, 3.8) is 0 Å². The minimum Gasteiger partial charge on any atom is -0.394 e. The Morgan fingerprint density at radius 3 is 2.50 bits per heavy atom. The van der Waals surface area contributed by atoms with Gasteiger partial charge in [0.25, 0.3) is 0 Å². The molecule has 0 amide bonds. The van der Waals surface area contributed by atoms with Crippen LogP contribution in [0.5, 0.6) is 0 Å². The molecular formula is C11H17NO2. The van der Waals surface area contributed by atoms with Crippen LogP contribution in [0.3, 0.4) is 0 Å². The number of hydrogen-bond acceptors (Lipinski definition) is 3. The van der Waals surface area contributed by atoms with Gasteiger partial charge in [-0.2, -0.15) is 0 Å². The summed E-state index contributed by atoms with van der Waals surface area (Å²) < 4.78 is 0. The van der Waals surface area contributed by atoms with Gasteiger partial charge in [-0.15, -0.1) is 0 Å². The highest BCUT2D eigenvalue weighted by molar-refractivity contribution is 5.17. The normalized spacial score (nSPS) is 15.1. The fraction of sp³-hybridized carbons (Fsp3) is 0.455. The minimum absolute atomic E-state index is 0.192. The molecule has 1 aromatic carbocycles. The summed E-state index contributed by atoms with van der Waals surface area (Å²) in [4.78, 5) is 0. The maximum Gasteiger partial charge on any atom is 0.0895 e. The quantitative estimate of drug-likeness (QED) is 0.648. The molecule has 0 aliphatic heterocycles. The van der Waals surface area contributed by atoms with Crippen LogP contribution in [0.4, 0.5) is 0 Å². The lowest BCUT2D eigenvalue weighted by atomic mass is 10.1. The highest BCUT2D eigenvalue weighted by atomic mass is 16.3. The van der Waals surface area contributed by atoms with E-state index in [1.807, 2.05) is 37.3 Å². The average Bonchev–Trinajstić information content (AvgIpc) is 2.26. The number of hydrogen-bond donors (Lipinski definition) is 3.